The molecule has 0 aromatic heterocycles. The van der Waals surface area contributed by atoms with Gasteiger partial charge in [0.15, 0.2) is 0 Å². The van der Waals surface area contributed by atoms with E-state index in [0.29, 0.717) is 6.61 Å². The minimum atomic E-state index is -0.948. The second-order valence-electron chi connectivity index (χ2n) is 11.9. The van der Waals surface area contributed by atoms with Crippen LogP contribution in [-0.2, 0) is 28.6 Å². The van der Waals surface area contributed by atoms with Gasteiger partial charge in [-0.15, -0.1) is 0 Å². The predicted molar refractivity (Wildman–Crippen MR) is 133 cm³/mol. The number of hydrogen-bond donors (Lipinski definition) is 1. The van der Waals surface area contributed by atoms with Crippen LogP contribution in [0, 0.1) is 34.5 Å². The van der Waals surface area contributed by atoms with Crippen molar-refractivity contribution in [3.8, 4) is 0 Å². The van der Waals surface area contributed by atoms with Gasteiger partial charge in [0, 0.05) is 42.3 Å². The Bertz CT molecular complexity index is 862. The van der Waals surface area contributed by atoms with Gasteiger partial charge in [0.05, 0.1) is 12.2 Å². The van der Waals surface area contributed by atoms with E-state index in [4.69, 9.17) is 14.2 Å². The van der Waals surface area contributed by atoms with Gasteiger partial charge in [-0.05, 0) is 76.0 Å². The molecule has 0 bridgehead atoms. The number of hydrogen-bond acceptors (Lipinski definition) is 7. The van der Waals surface area contributed by atoms with Crippen LogP contribution in [0.2, 0.25) is 0 Å². The van der Waals surface area contributed by atoms with Gasteiger partial charge in [-0.2, -0.15) is 0 Å². The van der Waals surface area contributed by atoms with Crippen molar-refractivity contribution in [2.75, 3.05) is 6.61 Å². The van der Waals surface area contributed by atoms with Crippen LogP contribution in [-0.4, -0.2) is 52.3 Å². The lowest BCUT2D eigenvalue weighted by Crippen LogP contribution is -2.66. The molecule has 0 aliphatic heterocycles. The molecule has 0 spiro atoms. The number of carbonyl (C=O) groups is 3. The van der Waals surface area contributed by atoms with Gasteiger partial charge < -0.3 is 19.3 Å². The van der Waals surface area contributed by atoms with Crippen LogP contribution in [0.25, 0.3) is 0 Å². The third-order valence-electron chi connectivity index (χ3n) is 10.3. The molecule has 7 nitrogen and oxygen atoms in total. The fourth-order valence-electron chi connectivity index (χ4n) is 8.94. The molecular weight excluding hydrogens is 516 g/mol. The third kappa shape index (κ3) is 4.34. The maximum atomic E-state index is 12.6. The molecule has 0 saturated heterocycles. The maximum absolute atomic E-state index is 12.6. The highest BCUT2D eigenvalue weighted by Gasteiger charge is 2.71. The van der Waals surface area contributed by atoms with E-state index >= 15 is 0 Å². The monoisotopic (exact) mass is 556 g/mol. The second kappa shape index (κ2) is 9.62. The number of esters is 3. The van der Waals surface area contributed by atoms with E-state index < -0.39 is 5.60 Å². The molecule has 4 aliphatic carbocycles. The number of halogens is 1. The van der Waals surface area contributed by atoms with Crippen LogP contribution >= 0.6 is 15.9 Å². The topological polar surface area (TPSA) is 99.1 Å². The summed E-state index contributed by atoms with van der Waals surface area (Å²) in [6.07, 6.45) is 6.28. The molecule has 0 radical (unpaired) electrons. The number of carbonyl (C=O) groups excluding carboxylic acids is 3. The van der Waals surface area contributed by atoms with E-state index in [1.807, 2.05) is 6.92 Å². The van der Waals surface area contributed by atoms with Crippen molar-refractivity contribution in [1.82, 2.24) is 0 Å². The molecule has 0 unspecified atom stereocenters. The van der Waals surface area contributed by atoms with E-state index in [9.17, 15) is 19.5 Å². The van der Waals surface area contributed by atoms with Crippen molar-refractivity contribution in [3.05, 3.63) is 0 Å². The quantitative estimate of drug-likeness (QED) is 0.301. The minimum Gasteiger partial charge on any atom is -0.465 e. The van der Waals surface area contributed by atoms with Gasteiger partial charge in [0.1, 0.15) is 12.2 Å². The Morgan fingerprint density at radius 3 is 2.31 bits per heavy atom. The zero-order valence-corrected chi connectivity index (χ0v) is 23.3. The third-order valence-corrected chi connectivity index (χ3v) is 11.4. The first-order valence-electron chi connectivity index (χ1n) is 13.2. The van der Waals surface area contributed by atoms with Gasteiger partial charge in [-0.1, -0.05) is 22.9 Å². The molecule has 0 heterocycles. The average Bonchev–Trinajstić information content (AvgIpc) is 2.98. The molecule has 35 heavy (non-hydrogen) atoms. The van der Waals surface area contributed by atoms with Crippen LogP contribution in [0.15, 0.2) is 0 Å². The lowest BCUT2D eigenvalue weighted by Gasteiger charge is -2.64. The predicted octanol–water partition coefficient (Wildman–Crippen LogP) is 4.56. The zero-order valence-electron chi connectivity index (χ0n) is 21.7. The minimum absolute atomic E-state index is 0.0530. The summed E-state index contributed by atoms with van der Waals surface area (Å²) in [5, 5.41) is 12.6. The molecule has 0 amide bonds. The summed E-state index contributed by atoms with van der Waals surface area (Å²) in [6.45, 7) is 8.83. The highest BCUT2D eigenvalue weighted by atomic mass is 79.9. The SMILES string of the molecule is CC(=O)OC[C@]12CC[C@H](OC(C)=O)C[C@@H]1CC[C@@H]1[C@@H]2CC[C@]2(C)[C@@H]([C@H](C)OC(C)=O)C[C@H](Br)[C@]12O. The molecule has 4 fully saturated rings. The summed E-state index contributed by atoms with van der Waals surface area (Å²) in [4.78, 5) is 35.1. The molecular formula is C27H41BrO7. The Morgan fingerprint density at radius 1 is 0.971 bits per heavy atom. The Hall–Kier alpha value is -1.15. The van der Waals surface area contributed by atoms with Crippen molar-refractivity contribution in [2.45, 2.75) is 109 Å². The van der Waals surface area contributed by atoms with Gasteiger partial charge >= 0.3 is 17.9 Å². The molecule has 0 aromatic rings. The first kappa shape index (κ1) is 26.9. The molecule has 4 saturated carbocycles. The zero-order chi connectivity index (χ0) is 25.8. The van der Waals surface area contributed by atoms with Crippen LogP contribution in [0.4, 0.5) is 0 Å². The molecule has 1 N–H and O–H groups in total. The van der Waals surface area contributed by atoms with Crippen molar-refractivity contribution in [3.63, 3.8) is 0 Å². The standard InChI is InChI=1S/C27H41BrO7/c1-15(34-17(3)30)23-13-24(28)27(32)22-7-6-19-12-20(35-18(4)31)8-11-26(19,14-33-16(2)29)21(22)9-10-25(23,27)5/h15,19-24,32H,6-14H2,1-5H3/t15-,19-,20-,21-,22+,23+,24-,25+,26+,27+/m0/s1. The Labute approximate surface area is 217 Å². The van der Waals surface area contributed by atoms with Crippen molar-refractivity contribution >= 4 is 33.8 Å². The van der Waals surface area contributed by atoms with Crippen molar-refractivity contribution < 1.29 is 33.7 Å². The van der Waals surface area contributed by atoms with Gasteiger partial charge in [-0.25, -0.2) is 0 Å². The Kier molecular flexibility index (Phi) is 7.40. The van der Waals surface area contributed by atoms with Gasteiger partial charge in [-0.3, -0.25) is 14.4 Å². The summed E-state index contributed by atoms with van der Waals surface area (Å²) >= 11 is 3.88. The molecule has 8 heteroatoms. The Morgan fingerprint density at radius 2 is 1.69 bits per heavy atom. The molecule has 10 atom stereocenters. The molecule has 0 aromatic carbocycles. The van der Waals surface area contributed by atoms with Crippen LogP contribution in [0.1, 0.15) is 86.0 Å². The van der Waals surface area contributed by atoms with E-state index in [1.54, 1.807) is 0 Å². The van der Waals surface area contributed by atoms with E-state index in [0.717, 1.165) is 51.4 Å². The summed E-state index contributed by atoms with van der Waals surface area (Å²) in [7, 11) is 0. The summed E-state index contributed by atoms with van der Waals surface area (Å²) in [6, 6.07) is 0. The van der Waals surface area contributed by atoms with E-state index in [1.165, 1.54) is 20.8 Å². The van der Waals surface area contributed by atoms with E-state index in [-0.39, 0.29) is 69.4 Å². The summed E-state index contributed by atoms with van der Waals surface area (Å²) < 4.78 is 16.9. The highest BCUT2D eigenvalue weighted by molar-refractivity contribution is 9.09. The van der Waals surface area contributed by atoms with Gasteiger partial charge in [0.25, 0.3) is 0 Å². The lowest BCUT2D eigenvalue weighted by molar-refractivity contribution is -0.228. The number of fused-ring (bicyclic) bond motifs is 5. The maximum Gasteiger partial charge on any atom is 0.302 e. The summed E-state index contributed by atoms with van der Waals surface area (Å²) in [5.74, 6) is -0.224. The van der Waals surface area contributed by atoms with E-state index in [2.05, 4.69) is 22.9 Å². The number of alkyl halides is 1. The first-order valence-corrected chi connectivity index (χ1v) is 14.1. The molecule has 4 aliphatic rings. The highest BCUT2D eigenvalue weighted by Crippen LogP contribution is 2.70. The van der Waals surface area contributed by atoms with Crippen LogP contribution in [0.5, 0.6) is 0 Å². The number of rotatable bonds is 5. The average molecular weight is 558 g/mol. The summed E-state index contributed by atoms with van der Waals surface area (Å²) in [5.41, 5.74) is -1.56. The molecule has 4 rings (SSSR count). The fourth-order valence-corrected chi connectivity index (χ4v) is 10.2. The van der Waals surface area contributed by atoms with Crippen molar-refractivity contribution in [1.29, 1.82) is 0 Å². The first-order chi connectivity index (χ1) is 16.3. The number of ether oxygens (including phenoxy) is 3. The largest absolute Gasteiger partial charge is 0.465 e. The Balaban J connectivity index is 1.66. The normalized spacial score (nSPS) is 45.3. The van der Waals surface area contributed by atoms with Crippen molar-refractivity contribution in [2.24, 2.45) is 34.5 Å². The van der Waals surface area contributed by atoms with Crippen LogP contribution < -0.4 is 0 Å². The fraction of sp³-hybridized carbons (Fsp3) is 0.889. The molecule has 198 valence electrons. The number of aliphatic hydroxyl groups is 1. The smallest absolute Gasteiger partial charge is 0.302 e. The van der Waals surface area contributed by atoms with Crippen LogP contribution in [0.3, 0.4) is 0 Å². The lowest BCUT2D eigenvalue weighted by atomic mass is 9.43. The second-order valence-corrected chi connectivity index (χ2v) is 13.0. The van der Waals surface area contributed by atoms with Gasteiger partial charge in [0.2, 0.25) is 0 Å².